The van der Waals surface area contributed by atoms with Gasteiger partial charge in [0, 0.05) is 0 Å². The molecule has 1 nitrogen and oxygen atoms in total. The number of hydrogen-bond acceptors (Lipinski definition) is 1. The van der Waals surface area contributed by atoms with Crippen LogP contribution in [0.2, 0.25) is 0 Å². The first-order chi connectivity index (χ1) is 14.3. The molecule has 31 heavy (non-hydrogen) atoms. The van der Waals surface area contributed by atoms with Gasteiger partial charge in [-0.15, -0.1) is 0 Å². The van der Waals surface area contributed by atoms with E-state index in [2.05, 4.69) is 55.0 Å². The summed E-state index contributed by atoms with van der Waals surface area (Å²) in [5.41, 5.74) is 6.39. The van der Waals surface area contributed by atoms with E-state index in [-0.39, 0.29) is 11.5 Å². The van der Waals surface area contributed by atoms with E-state index in [1.165, 1.54) is 56.9 Å². The Hall–Kier alpha value is -0.560. The fourth-order valence-electron chi connectivity index (χ4n) is 8.86. The molecule has 1 heteroatoms. The Labute approximate surface area is 193 Å². The predicted molar refractivity (Wildman–Crippen MR) is 133 cm³/mol. The first-order valence-electron chi connectivity index (χ1n) is 13.3. The van der Waals surface area contributed by atoms with Gasteiger partial charge >= 0.3 is 0 Å². The van der Waals surface area contributed by atoms with E-state index in [4.69, 9.17) is 0 Å². The number of rotatable bonds is 3. The van der Waals surface area contributed by atoms with Crippen molar-refractivity contribution in [3.8, 4) is 0 Å². The lowest BCUT2D eigenvalue weighted by molar-refractivity contribution is -0.125. The SMILES string of the molecule is C=C1CCC2C(C)(C)C(O)CCC2(C)C1CCC1=C(C)CCC2(C)CCC(C)(C)CC12. The van der Waals surface area contributed by atoms with Crippen LogP contribution in [0.4, 0.5) is 0 Å². The van der Waals surface area contributed by atoms with Crippen LogP contribution < -0.4 is 0 Å². The molecule has 6 atom stereocenters. The van der Waals surface area contributed by atoms with E-state index < -0.39 is 0 Å². The Morgan fingerprint density at radius 3 is 2.35 bits per heavy atom. The maximum absolute atomic E-state index is 10.8. The summed E-state index contributed by atoms with van der Waals surface area (Å²) in [4.78, 5) is 0. The molecule has 3 saturated carbocycles. The second-order valence-electron chi connectivity index (χ2n) is 14.1. The van der Waals surface area contributed by atoms with Crippen LogP contribution in [-0.4, -0.2) is 11.2 Å². The monoisotopic (exact) mass is 426 g/mol. The zero-order valence-corrected chi connectivity index (χ0v) is 21.7. The van der Waals surface area contributed by atoms with Crippen LogP contribution in [0, 0.1) is 39.4 Å². The van der Waals surface area contributed by atoms with Crippen molar-refractivity contribution in [1.29, 1.82) is 0 Å². The number of allylic oxidation sites excluding steroid dienone is 3. The van der Waals surface area contributed by atoms with Gasteiger partial charge in [0.15, 0.2) is 0 Å². The van der Waals surface area contributed by atoms with Crippen LogP contribution in [0.3, 0.4) is 0 Å². The maximum atomic E-state index is 10.8. The number of hydrogen-bond donors (Lipinski definition) is 1. The van der Waals surface area contributed by atoms with Crippen molar-refractivity contribution in [2.24, 2.45) is 39.4 Å². The number of aliphatic hydroxyl groups excluding tert-OH is 1. The highest BCUT2D eigenvalue weighted by atomic mass is 16.3. The lowest BCUT2D eigenvalue weighted by Gasteiger charge is -2.59. The van der Waals surface area contributed by atoms with Crippen molar-refractivity contribution in [1.82, 2.24) is 0 Å². The Morgan fingerprint density at radius 2 is 1.65 bits per heavy atom. The van der Waals surface area contributed by atoms with Gasteiger partial charge in [0.25, 0.3) is 0 Å². The van der Waals surface area contributed by atoms with E-state index in [1.807, 2.05) is 5.57 Å². The molecule has 4 aliphatic rings. The minimum atomic E-state index is -0.147. The Kier molecular flexibility index (Phi) is 5.90. The van der Waals surface area contributed by atoms with Crippen LogP contribution >= 0.6 is 0 Å². The van der Waals surface area contributed by atoms with Gasteiger partial charge in [-0.05, 0) is 117 Å². The second kappa shape index (κ2) is 7.75. The normalized spacial score (nSPS) is 44.6. The molecule has 0 amide bonds. The van der Waals surface area contributed by atoms with E-state index in [1.54, 1.807) is 5.57 Å². The third-order valence-electron chi connectivity index (χ3n) is 11.3. The van der Waals surface area contributed by atoms with Crippen LogP contribution in [0.1, 0.15) is 119 Å². The molecule has 4 aliphatic carbocycles. The maximum Gasteiger partial charge on any atom is 0.0594 e. The first-order valence-corrected chi connectivity index (χ1v) is 13.3. The number of aliphatic hydroxyl groups is 1. The molecule has 176 valence electrons. The summed E-state index contributed by atoms with van der Waals surface area (Å²) in [6.07, 6.45) is 13.8. The summed E-state index contributed by atoms with van der Waals surface area (Å²) in [5, 5.41) is 10.8. The van der Waals surface area contributed by atoms with E-state index in [0.717, 1.165) is 25.2 Å². The highest BCUT2D eigenvalue weighted by molar-refractivity contribution is 5.25. The summed E-state index contributed by atoms with van der Waals surface area (Å²) in [7, 11) is 0. The molecule has 0 aromatic heterocycles. The highest BCUT2D eigenvalue weighted by Crippen LogP contribution is 2.63. The lowest BCUT2D eigenvalue weighted by atomic mass is 9.46. The van der Waals surface area contributed by atoms with Crippen LogP contribution in [0.15, 0.2) is 23.3 Å². The second-order valence-corrected chi connectivity index (χ2v) is 14.1. The molecular weight excluding hydrogens is 376 g/mol. The first kappa shape index (κ1) is 23.6. The molecule has 6 unspecified atom stereocenters. The van der Waals surface area contributed by atoms with Crippen molar-refractivity contribution in [2.75, 3.05) is 0 Å². The van der Waals surface area contributed by atoms with Gasteiger partial charge in [0.2, 0.25) is 0 Å². The number of fused-ring (bicyclic) bond motifs is 2. The summed E-state index contributed by atoms with van der Waals surface area (Å²) in [6.45, 7) is 21.9. The lowest BCUT2D eigenvalue weighted by Crippen LogP contribution is -2.54. The van der Waals surface area contributed by atoms with E-state index >= 15 is 0 Å². The van der Waals surface area contributed by atoms with Crippen LogP contribution in [-0.2, 0) is 0 Å². The zero-order chi connectivity index (χ0) is 22.8. The van der Waals surface area contributed by atoms with Gasteiger partial charge in [0.1, 0.15) is 0 Å². The van der Waals surface area contributed by atoms with Crippen molar-refractivity contribution in [3.05, 3.63) is 23.3 Å². The van der Waals surface area contributed by atoms with Gasteiger partial charge in [-0.3, -0.25) is 0 Å². The molecule has 0 bridgehead atoms. The third kappa shape index (κ3) is 3.89. The summed E-state index contributed by atoms with van der Waals surface area (Å²) in [5.74, 6) is 2.01. The fraction of sp³-hybridized carbons (Fsp3) is 0.867. The summed E-state index contributed by atoms with van der Waals surface area (Å²) >= 11 is 0. The largest absolute Gasteiger partial charge is 0.393 e. The summed E-state index contributed by atoms with van der Waals surface area (Å²) in [6, 6.07) is 0. The van der Waals surface area contributed by atoms with E-state index in [9.17, 15) is 5.11 Å². The molecule has 0 spiro atoms. The van der Waals surface area contributed by atoms with Crippen molar-refractivity contribution < 1.29 is 5.11 Å². The zero-order valence-electron chi connectivity index (χ0n) is 21.7. The quantitative estimate of drug-likeness (QED) is 0.449. The molecule has 4 rings (SSSR count). The van der Waals surface area contributed by atoms with Gasteiger partial charge in [0.05, 0.1) is 6.10 Å². The third-order valence-corrected chi connectivity index (χ3v) is 11.3. The molecule has 0 aromatic rings. The molecule has 0 aliphatic heterocycles. The molecule has 0 radical (unpaired) electrons. The van der Waals surface area contributed by atoms with Crippen molar-refractivity contribution >= 4 is 0 Å². The van der Waals surface area contributed by atoms with Crippen LogP contribution in [0.5, 0.6) is 0 Å². The van der Waals surface area contributed by atoms with Crippen molar-refractivity contribution in [2.45, 2.75) is 125 Å². The van der Waals surface area contributed by atoms with Gasteiger partial charge in [-0.1, -0.05) is 64.8 Å². The average molecular weight is 427 g/mol. The van der Waals surface area contributed by atoms with Gasteiger partial charge < -0.3 is 5.11 Å². The molecule has 1 N–H and O–H groups in total. The van der Waals surface area contributed by atoms with Crippen molar-refractivity contribution in [3.63, 3.8) is 0 Å². The Balaban J connectivity index is 1.58. The van der Waals surface area contributed by atoms with Gasteiger partial charge in [-0.2, -0.15) is 0 Å². The van der Waals surface area contributed by atoms with Gasteiger partial charge in [-0.25, -0.2) is 0 Å². The molecule has 0 heterocycles. The molecular formula is C30H50O. The fourth-order valence-corrected chi connectivity index (χ4v) is 8.86. The topological polar surface area (TPSA) is 20.2 Å². The molecule has 0 saturated heterocycles. The minimum Gasteiger partial charge on any atom is -0.393 e. The molecule has 0 aromatic carbocycles. The van der Waals surface area contributed by atoms with Crippen LogP contribution in [0.25, 0.3) is 0 Å². The minimum absolute atomic E-state index is 0.0257. The smallest absolute Gasteiger partial charge is 0.0594 e. The highest BCUT2D eigenvalue weighted by Gasteiger charge is 2.56. The Bertz CT molecular complexity index is 754. The summed E-state index contributed by atoms with van der Waals surface area (Å²) < 4.78 is 0. The standard InChI is InChI=1S/C30H50O/c1-20-13-15-29(7)18-17-27(3,4)19-24(29)22(20)10-11-23-21(2)9-12-25-28(5,6)26(31)14-16-30(23,25)8/h23-26,31H,2,9-19H2,1,3-8H3. The van der Waals surface area contributed by atoms with E-state index in [0.29, 0.717) is 28.1 Å². The Morgan fingerprint density at radius 1 is 0.935 bits per heavy atom. The molecule has 3 fully saturated rings. The average Bonchev–Trinajstić information content (AvgIpc) is 2.67. The predicted octanol–water partition coefficient (Wildman–Crippen LogP) is 8.48.